The molecule has 0 radical (unpaired) electrons. The Labute approximate surface area is 116 Å². The molecule has 0 fully saturated rings. The van der Waals surface area contributed by atoms with Crippen LogP contribution in [0.2, 0.25) is 0 Å². The molecule has 0 aliphatic heterocycles. The summed E-state index contributed by atoms with van der Waals surface area (Å²) in [6.07, 6.45) is 1.87. The van der Waals surface area contributed by atoms with Crippen molar-refractivity contribution in [3.8, 4) is 0 Å². The molecule has 0 spiro atoms. The van der Waals surface area contributed by atoms with Gasteiger partial charge in [0.05, 0.1) is 0 Å². The van der Waals surface area contributed by atoms with E-state index in [1.807, 2.05) is 6.07 Å². The number of halogens is 1. The predicted molar refractivity (Wildman–Crippen MR) is 77.8 cm³/mol. The molecule has 2 nitrogen and oxygen atoms in total. The molecule has 0 saturated carbocycles. The minimum absolute atomic E-state index is 0.0433. The first-order valence-electron chi connectivity index (χ1n) is 7.41. The molecular formula is C16H25FN2. The quantitative estimate of drug-likeness (QED) is 0.849. The molecule has 1 aliphatic carbocycles. The van der Waals surface area contributed by atoms with Crippen molar-refractivity contribution < 1.29 is 4.39 Å². The average Bonchev–Trinajstić information content (AvgIpc) is 2.81. The number of nitrogens with zero attached hydrogens (tertiary/aromatic N) is 1. The van der Waals surface area contributed by atoms with Gasteiger partial charge in [-0.05, 0) is 50.0 Å². The molecule has 106 valence electrons. The minimum atomic E-state index is -0.0433. The number of rotatable bonds is 6. The standard InChI is InChI=1S/C16H25FN2/c1-4-19(5-2)11-12(3)18-16-10-9-13-14(16)7-6-8-15(13)17/h6-8,12,16,18H,4-5,9-11H2,1-3H3. The zero-order chi connectivity index (χ0) is 13.8. The highest BCUT2D eigenvalue weighted by atomic mass is 19.1. The van der Waals surface area contributed by atoms with E-state index in [1.54, 1.807) is 6.07 Å². The SMILES string of the molecule is CCN(CC)CC(C)NC1CCc2c(F)cccc21. The normalized spacial score (nSPS) is 19.7. The third-order valence-electron chi connectivity index (χ3n) is 4.13. The van der Waals surface area contributed by atoms with Crippen LogP contribution >= 0.6 is 0 Å². The maximum absolute atomic E-state index is 13.7. The molecule has 3 heteroatoms. The summed E-state index contributed by atoms with van der Waals surface area (Å²) in [5.74, 6) is -0.0433. The second-order valence-corrected chi connectivity index (χ2v) is 5.45. The number of fused-ring (bicyclic) bond motifs is 1. The van der Waals surface area contributed by atoms with Crippen LogP contribution in [0.1, 0.15) is 44.4 Å². The van der Waals surface area contributed by atoms with E-state index in [-0.39, 0.29) is 5.82 Å². The Morgan fingerprint density at radius 1 is 1.37 bits per heavy atom. The molecule has 0 bridgehead atoms. The number of hydrogen-bond donors (Lipinski definition) is 1. The van der Waals surface area contributed by atoms with Gasteiger partial charge in [-0.25, -0.2) is 4.39 Å². The van der Waals surface area contributed by atoms with E-state index in [1.165, 1.54) is 0 Å². The summed E-state index contributed by atoms with van der Waals surface area (Å²) in [5.41, 5.74) is 2.07. The van der Waals surface area contributed by atoms with Crippen molar-refractivity contribution >= 4 is 0 Å². The molecule has 1 aromatic carbocycles. The Kier molecular flexibility index (Phi) is 4.94. The Morgan fingerprint density at radius 3 is 2.79 bits per heavy atom. The van der Waals surface area contributed by atoms with Gasteiger partial charge < -0.3 is 10.2 Å². The van der Waals surface area contributed by atoms with Gasteiger partial charge >= 0.3 is 0 Å². The zero-order valence-corrected chi connectivity index (χ0v) is 12.2. The summed E-state index contributed by atoms with van der Waals surface area (Å²) >= 11 is 0. The first-order chi connectivity index (χ1) is 9.15. The lowest BCUT2D eigenvalue weighted by Crippen LogP contribution is -2.40. The summed E-state index contributed by atoms with van der Waals surface area (Å²) in [4.78, 5) is 2.42. The number of likely N-dealkylation sites (N-methyl/N-ethyl adjacent to an activating group) is 1. The van der Waals surface area contributed by atoms with Gasteiger partial charge in [-0.3, -0.25) is 0 Å². The number of hydrogen-bond acceptors (Lipinski definition) is 2. The van der Waals surface area contributed by atoms with E-state index in [0.29, 0.717) is 12.1 Å². The third-order valence-corrected chi connectivity index (χ3v) is 4.13. The highest BCUT2D eigenvalue weighted by Gasteiger charge is 2.25. The van der Waals surface area contributed by atoms with E-state index in [4.69, 9.17) is 0 Å². The van der Waals surface area contributed by atoms with E-state index < -0.39 is 0 Å². The zero-order valence-electron chi connectivity index (χ0n) is 12.2. The van der Waals surface area contributed by atoms with Crippen LogP contribution in [0.15, 0.2) is 18.2 Å². The molecule has 0 saturated heterocycles. The highest BCUT2D eigenvalue weighted by Crippen LogP contribution is 2.32. The predicted octanol–water partition coefficient (Wildman–Crippen LogP) is 3.13. The van der Waals surface area contributed by atoms with E-state index in [0.717, 1.165) is 43.6 Å². The van der Waals surface area contributed by atoms with Crippen molar-refractivity contribution in [1.82, 2.24) is 10.2 Å². The fraction of sp³-hybridized carbons (Fsp3) is 0.625. The van der Waals surface area contributed by atoms with Gasteiger partial charge in [0.2, 0.25) is 0 Å². The molecule has 0 aromatic heterocycles. The maximum Gasteiger partial charge on any atom is 0.126 e. The van der Waals surface area contributed by atoms with Gasteiger partial charge in [-0.15, -0.1) is 0 Å². The van der Waals surface area contributed by atoms with Gasteiger partial charge in [0.1, 0.15) is 5.82 Å². The van der Waals surface area contributed by atoms with Crippen LogP contribution in [-0.2, 0) is 6.42 Å². The van der Waals surface area contributed by atoms with Crippen LogP contribution in [0, 0.1) is 5.82 Å². The Balaban J connectivity index is 1.97. The summed E-state index contributed by atoms with van der Waals surface area (Å²) < 4.78 is 13.7. The van der Waals surface area contributed by atoms with Gasteiger partial charge in [-0.1, -0.05) is 26.0 Å². The van der Waals surface area contributed by atoms with Crippen LogP contribution < -0.4 is 5.32 Å². The minimum Gasteiger partial charge on any atom is -0.306 e. The van der Waals surface area contributed by atoms with Gasteiger partial charge in [0.15, 0.2) is 0 Å². The summed E-state index contributed by atoms with van der Waals surface area (Å²) in [7, 11) is 0. The molecule has 19 heavy (non-hydrogen) atoms. The fourth-order valence-corrected chi connectivity index (χ4v) is 3.05. The van der Waals surface area contributed by atoms with E-state index >= 15 is 0 Å². The van der Waals surface area contributed by atoms with Gasteiger partial charge in [0, 0.05) is 18.6 Å². The van der Waals surface area contributed by atoms with Crippen molar-refractivity contribution in [2.24, 2.45) is 0 Å². The first kappa shape index (κ1) is 14.5. The van der Waals surface area contributed by atoms with Crippen molar-refractivity contribution in [3.63, 3.8) is 0 Å². The molecule has 2 unspecified atom stereocenters. The smallest absolute Gasteiger partial charge is 0.126 e. The molecule has 1 N–H and O–H groups in total. The Bertz CT molecular complexity index is 415. The third kappa shape index (κ3) is 3.34. The molecule has 2 rings (SSSR count). The van der Waals surface area contributed by atoms with Crippen molar-refractivity contribution in [2.75, 3.05) is 19.6 Å². The van der Waals surface area contributed by atoms with Crippen LogP contribution in [0.25, 0.3) is 0 Å². The van der Waals surface area contributed by atoms with Crippen LogP contribution in [0.3, 0.4) is 0 Å². The van der Waals surface area contributed by atoms with E-state index in [2.05, 4.69) is 37.1 Å². The molecule has 1 aliphatic rings. The van der Waals surface area contributed by atoms with Crippen LogP contribution in [-0.4, -0.2) is 30.6 Å². The first-order valence-corrected chi connectivity index (χ1v) is 7.41. The van der Waals surface area contributed by atoms with Crippen molar-refractivity contribution in [2.45, 2.75) is 45.7 Å². The summed E-state index contributed by atoms with van der Waals surface area (Å²) in [5, 5.41) is 3.65. The van der Waals surface area contributed by atoms with Gasteiger partial charge in [-0.2, -0.15) is 0 Å². The lowest BCUT2D eigenvalue weighted by molar-refractivity contribution is 0.261. The second kappa shape index (κ2) is 6.49. The number of nitrogens with one attached hydrogen (secondary N) is 1. The molecular weight excluding hydrogens is 239 g/mol. The topological polar surface area (TPSA) is 15.3 Å². The molecule has 2 atom stereocenters. The van der Waals surface area contributed by atoms with E-state index in [9.17, 15) is 4.39 Å². The average molecular weight is 264 g/mol. The molecule has 1 aromatic rings. The second-order valence-electron chi connectivity index (χ2n) is 5.45. The monoisotopic (exact) mass is 264 g/mol. The van der Waals surface area contributed by atoms with Crippen molar-refractivity contribution in [1.29, 1.82) is 0 Å². The largest absolute Gasteiger partial charge is 0.306 e. The molecule has 0 amide bonds. The van der Waals surface area contributed by atoms with Crippen molar-refractivity contribution in [3.05, 3.63) is 35.1 Å². The molecule has 0 heterocycles. The highest BCUT2D eigenvalue weighted by molar-refractivity contribution is 5.35. The Hall–Kier alpha value is -0.930. The maximum atomic E-state index is 13.7. The lowest BCUT2D eigenvalue weighted by Gasteiger charge is -2.26. The van der Waals surface area contributed by atoms with Crippen LogP contribution in [0.4, 0.5) is 4.39 Å². The summed E-state index contributed by atoms with van der Waals surface area (Å²) in [6, 6.07) is 6.20. The lowest BCUT2D eigenvalue weighted by atomic mass is 10.1. The van der Waals surface area contributed by atoms with Crippen LogP contribution in [0.5, 0.6) is 0 Å². The summed E-state index contributed by atoms with van der Waals surface area (Å²) in [6.45, 7) is 9.81. The fourth-order valence-electron chi connectivity index (χ4n) is 3.05. The van der Waals surface area contributed by atoms with Gasteiger partial charge in [0.25, 0.3) is 0 Å². The number of benzene rings is 1. The Morgan fingerprint density at radius 2 is 2.11 bits per heavy atom.